The monoisotopic (exact) mass is 395 g/mol. The van der Waals surface area contributed by atoms with Crippen LogP contribution in [0.3, 0.4) is 0 Å². The number of amides is 1. The van der Waals surface area contributed by atoms with Gasteiger partial charge in [0.1, 0.15) is 11.6 Å². The van der Waals surface area contributed by atoms with Gasteiger partial charge in [-0.3, -0.25) is 4.79 Å². The van der Waals surface area contributed by atoms with Crippen molar-refractivity contribution in [1.29, 1.82) is 0 Å². The van der Waals surface area contributed by atoms with Gasteiger partial charge >= 0.3 is 0 Å². The van der Waals surface area contributed by atoms with Crippen LogP contribution in [0.1, 0.15) is 21.5 Å². The number of hydrogen-bond acceptors (Lipinski definition) is 4. The van der Waals surface area contributed by atoms with E-state index in [4.69, 9.17) is 16.3 Å². The summed E-state index contributed by atoms with van der Waals surface area (Å²) in [6.07, 6.45) is 2.43. The summed E-state index contributed by atoms with van der Waals surface area (Å²) < 4.78 is 5.16. The normalized spacial score (nSPS) is 10.4. The van der Waals surface area contributed by atoms with E-state index in [2.05, 4.69) is 15.6 Å². The van der Waals surface area contributed by atoms with Gasteiger partial charge in [-0.1, -0.05) is 41.9 Å². The number of aromatic nitrogens is 1. The highest BCUT2D eigenvalue weighted by atomic mass is 35.5. The molecule has 3 aromatic rings. The lowest BCUT2D eigenvalue weighted by Gasteiger charge is -2.09. The lowest BCUT2D eigenvalue weighted by Crippen LogP contribution is -2.23. The zero-order valence-electron chi connectivity index (χ0n) is 15.6. The van der Waals surface area contributed by atoms with E-state index in [-0.39, 0.29) is 5.91 Å². The van der Waals surface area contributed by atoms with E-state index in [1.807, 2.05) is 42.5 Å². The highest BCUT2D eigenvalue weighted by molar-refractivity contribution is 6.31. The number of halogens is 1. The van der Waals surface area contributed by atoms with E-state index < -0.39 is 0 Å². The molecule has 3 rings (SSSR count). The summed E-state index contributed by atoms with van der Waals surface area (Å²) in [5.74, 6) is 1.40. The average molecular weight is 396 g/mol. The van der Waals surface area contributed by atoms with Crippen LogP contribution in [0.5, 0.6) is 5.75 Å². The Hall–Kier alpha value is -3.05. The predicted molar refractivity (Wildman–Crippen MR) is 112 cm³/mol. The predicted octanol–water partition coefficient (Wildman–Crippen LogP) is 4.33. The minimum atomic E-state index is -0.183. The fraction of sp³-hybridized carbons (Fsp3) is 0.182. The maximum atomic E-state index is 12.3. The molecule has 6 heteroatoms. The Bertz CT molecular complexity index is 912. The second kappa shape index (κ2) is 9.76. The quantitative estimate of drug-likeness (QED) is 0.596. The van der Waals surface area contributed by atoms with Crippen molar-refractivity contribution in [3.63, 3.8) is 0 Å². The van der Waals surface area contributed by atoms with Gasteiger partial charge in [-0.2, -0.15) is 0 Å². The van der Waals surface area contributed by atoms with Crippen molar-refractivity contribution in [3.8, 4) is 5.75 Å². The van der Waals surface area contributed by atoms with E-state index >= 15 is 0 Å². The fourth-order valence-electron chi connectivity index (χ4n) is 2.68. The molecule has 144 valence electrons. The summed E-state index contributed by atoms with van der Waals surface area (Å²) >= 11 is 6.10. The molecule has 0 atom stereocenters. The van der Waals surface area contributed by atoms with Crippen molar-refractivity contribution in [3.05, 3.63) is 88.6 Å². The third-order valence-electron chi connectivity index (χ3n) is 4.30. The number of methoxy groups -OCH3 is 1. The highest BCUT2D eigenvalue weighted by Gasteiger charge is 2.07. The lowest BCUT2D eigenvalue weighted by molar-refractivity contribution is 0.0950. The van der Waals surface area contributed by atoms with Crippen molar-refractivity contribution in [2.24, 2.45) is 0 Å². The number of carbonyl (C=O) groups is 1. The van der Waals surface area contributed by atoms with E-state index in [1.165, 1.54) is 5.56 Å². The van der Waals surface area contributed by atoms with Crippen LogP contribution in [0, 0.1) is 0 Å². The number of hydrogen-bond donors (Lipinski definition) is 2. The van der Waals surface area contributed by atoms with Crippen LogP contribution in [-0.2, 0) is 13.0 Å². The van der Waals surface area contributed by atoms with E-state index in [0.29, 0.717) is 17.1 Å². The summed E-state index contributed by atoms with van der Waals surface area (Å²) in [5, 5.41) is 6.75. The van der Waals surface area contributed by atoms with Gasteiger partial charge in [0.15, 0.2) is 0 Å². The van der Waals surface area contributed by atoms with Crippen LogP contribution in [-0.4, -0.2) is 24.5 Å². The van der Waals surface area contributed by atoms with Crippen LogP contribution < -0.4 is 15.4 Å². The molecule has 0 saturated heterocycles. The standard InChI is InChI=1S/C22H22ClN3O2/c1-28-19-9-6-16(7-10-19)12-13-24-21-11-8-18(15-25-21)22(27)26-14-17-4-2-3-5-20(17)23/h2-11,15H,12-14H2,1H3,(H,24,25)(H,26,27). The summed E-state index contributed by atoms with van der Waals surface area (Å²) in [6.45, 7) is 1.12. The molecule has 1 heterocycles. The number of rotatable bonds is 8. The highest BCUT2D eigenvalue weighted by Crippen LogP contribution is 2.15. The largest absolute Gasteiger partial charge is 0.497 e. The zero-order valence-corrected chi connectivity index (χ0v) is 16.4. The number of nitrogens with zero attached hydrogens (tertiary/aromatic N) is 1. The van der Waals surface area contributed by atoms with Gasteiger partial charge < -0.3 is 15.4 Å². The number of carbonyl (C=O) groups excluding carboxylic acids is 1. The smallest absolute Gasteiger partial charge is 0.253 e. The zero-order chi connectivity index (χ0) is 19.8. The Labute approximate surface area is 169 Å². The first-order valence-electron chi connectivity index (χ1n) is 9.00. The minimum absolute atomic E-state index is 0.183. The molecule has 0 unspecified atom stereocenters. The van der Waals surface area contributed by atoms with Gasteiger partial charge in [-0.25, -0.2) is 4.98 Å². The molecule has 0 aliphatic rings. The molecule has 0 saturated carbocycles. The maximum absolute atomic E-state index is 12.3. The Morgan fingerprint density at radius 2 is 1.86 bits per heavy atom. The summed E-state index contributed by atoms with van der Waals surface area (Å²) in [5.41, 5.74) is 2.60. The van der Waals surface area contributed by atoms with Crippen molar-refractivity contribution in [1.82, 2.24) is 10.3 Å². The van der Waals surface area contributed by atoms with Gasteiger partial charge in [0.25, 0.3) is 5.91 Å². The third kappa shape index (κ3) is 5.47. The fourth-order valence-corrected chi connectivity index (χ4v) is 2.88. The van der Waals surface area contributed by atoms with Gasteiger partial charge in [-0.05, 0) is 47.9 Å². The van der Waals surface area contributed by atoms with Crippen LogP contribution >= 0.6 is 11.6 Å². The van der Waals surface area contributed by atoms with Gasteiger partial charge in [0.2, 0.25) is 0 Å². The first-order chi connectivity index (χ1) is 13.7. The molecule has 0 bridgehead atoms. The van der Waals surface area contributed by atoms with Crippen LogP contribution in [0.15, 0.2) is 66.9 Å². The molecule has 2 N–H and O–H groups in total. The number of nitrogens with one attached hydrogen (secondary N) is 2. The van der Waals surface area contributed by atoms with Crippen molar-refractivity contribution >= 4 is 23.3 Å². The lowest BCUT2D eigenvalue weighted by atomic mass is 10.1. The third-order valence-corrected chi connectivity index (χ3v) is 4.67. The number of pyridine rings is 1. The van der Waals surface area contributed by atoms with E-state index in [9.17, 15) is 4.79 Å². The Morgan fingerprint density at radius 3 is 2.54 bits per heavy atom. The van der Waals surface area contributed by atoms with Crippen LogP contribution in [0.2, 0.25) is 5.02 Å². The summed E-state index contributed by atoms with van der Waals surface area (Å²) in [4.78, 5) is 16.6. The molecule has 5 nitrogen and oxygen atoms in total. The SMILES string of the molecule is COc1ccc(CCNc2ccc(C(=O)NCc3ccccc3Cl)cn2)cc1. The van der Waals surface area contributed by atoms with Gasteiger partial charge in [0, 0.05) is 24.3 Å². The molecule has 0 aliphatic heterocycles. The molecule has 0 aliphatic carbocycles. The molecule has 0 radical (unpaired) electrons. The molecule has 0 fully saturated rings. The second-order valence-corrected chi connectivity index (χ2v) is 6.64. The van der Waals surface area contributed by atoms with Gasteiger partial charge in [-0.15, -0.1) is 0 Å². The Kier molecular flexibility index (Phi) is 6.87. The van der Waals surface area contributed by atoms with E-state index in [1.54, 1.807) is 31.5 Å². The van der Waals surface area contributed by atoms with Crippen molar-refractivity contribution < 1.29 is 9.53 Å². The van der Waals surface area contributed by atoms with Crippen LogP contribution in [0.25, 0.3) is 0 Å². The number of benzene rings is 2. The number of ether oxygens (including phenoxy) is 1. The molecule has 1 amide bonds. The van der Waals surface area contributed by atoms with Crippen molar-refractivity contribution in [2.75, 3.05) is 19.0 Å². The minimum Gasteiger partial charge on any atom is -0.497 e. The second-order valence-electron chi connectivity index (χ2n) is 6.23. The molecular weight excluding hydrogens is 374 g/mol. The van der Waals surface area contributed by atoms with Crippen LogP contribution in [0.4, 0.5) is 5.82 Å². The van der Waals surface area contributed by atoms with Gasteiger partial charge in [0.05, 0.1) is 12.7 Å². The topological polar surface area (TPSA) is 63.2 Å². The summed E-state index contributed by atoms with van der Waals surface area (Å²) in [7, 11) is 1.66. The molecule has 28 heavy (non-hydrogen) atoms. The Morgan fingerprint density at radius 1 is 1.07 bits per heavy atom. The first kappa shape index (κ1) is 19.7. The summed E-state index contributed by atoms with van der Waals surface area (Å²) in [6, 6.07) is 19.0. The Balaban J connectivity index is 1.47. The molecule has 1 aromatic heterocycles. The number of anilines is 1. The molecular formula is C22H22ClN3O2. The van der Waals surface area contributed by atoms with E-state index in [0.717, 1.165) is 30.1 Å². The molecule has 2 aromatic carbocycles. The average Bonchev–Trinajstić information content (AvgIpc) is 2.74. The van der Waals surface area contributed by atoms with Crippen molar-refractivity contribution in [2.45, 2.75) is 13.0 Å². The maximum Gasteiger partial charge on any atom is 0.253 e. The molecule has 0 spiro atoms. The first-order valence-corrected chi connectivity index (χ1v) is 9.38.